The molecule has 0 aliphatic carbocycles. The summed E-state index contributed by atoms with van der Waals surface area (Å²) in [6.45, 7) is 4.15. The zero-order valence-electron chi connectivity index (χ0n) is 11.1. The Morgan fingerprint density at radius 1 is 1.06 bits per heavy atom. The van der Waals surface area contributed by atoms with Crippen molar-refractivity contribution in [2.45, 2.75) is 64.8 Å². The Balaban J connectivity index is 1.76. The van der Waals surface area contributed by atoms with Crippen molar-refractivity contribution in [3.8, 4) is 0 Å². The van der Waals surface area contributed by atoms with Gasteiger partial charge in [0.2, 0.25) is 0 Å². The smallest absolute Gasteiger partial charge is 0.150 e. The highest BCUT2D eigenvalue weighted by Gasteiger charge is 1.95. The maximum atomic E-state index is 5.00. The van der Waals surface area contributed by atoms with Gasteiger partial charge in [-0.3, -0.25) is 0 Å². The van der Waals surface area contributed by atoms with Crippen molar-refractivity contribution >= 4 is 0 Å². The van der Waals surface area contributed by atoms with Crippen molar-refractivity contribution in [3.05, 3.63) is 18.0 Å². The predicted molar refractivity (Wildman–Crippen MR) is 70.8 cm³/mol. The molecule has 3 nitrogen and oxygen atoms in total. The maximum absolute atomic E-state index is 5.00. The number of nitrogens with one attached hydrogen (secondary N) is 1. The fraction of sp³-hybridized carbons (Fsp3) is 0.786. The van der Waals surface area contributed by atoms with Gasteiger partial charge in [-0.2, -0.15) is 0 Å². The summed E-state index contributed by atoms with van der Waals surface area (Å²) < 4.78 is 5.00. The van der Waals surface area contributed by atoms with E-state index in [1.165, 1.54) is 51.4 Å². The third kappa shape index (κ3) is 7.97. The van der Waals surface area contributed by atoms with Crippen molar-refractivity contribution in [1.29, 1.82) is 0 Å². The summed E-state index contributed by atoms with van der Waals surface area (Å²) >= 11 is 0. The standard InChI is InChI=1S/C14H26N2O/c1-2-3-4-5-6-7-8-9-11-15-13-14-10-12-16-17-14/h10,12,15H,2-9,11,13H2,1H3. The Labute approximate surface area is 105 Å². The second-order valence-corrected chi connectivity index (χ2v) is 4.63. The van der Waals surface area contributed by atoms with Crippen LogP contribution >= 0.6 is 0 Å². The maximum Gasteiger partial charge on any atom is 0.150 e. The lowest BCUT2D eigenvalue weighted by Gasteiger charge is -2.03. The lowest BCUT2D eigenvalue weighted by Crippen LogP contribution is -2.14. The number of nitrogens with zero attached hydrogens (tertiary/aromatic N) is 1. The molecule has 0 aromatic carbocycles. The van der Waals surface area contributed by atoms with Gasteiger partial charge in [-0.05, 0) is 13.0 Å². The van der Waals surface area contributed by atoms with Crippen LogP contribution in [-0.2, 0) is 6.54 Å². The summed E-state index contributed by atoms with van der Waals surface area (Å²) in [5, 5.41) is 7.04. The average Bonchev–Trinajstić information content (AvgIpc) is 2.85. The van der Waals surface area contributed by atoms with Crippen LogP contribution in [0.15, 0.2) is 16.8 Å². The molecule has 0 amide bonds. The Morgan fingerprint density at radius 2 is 1.76 bits per heavy atom. The van der Waals surface area contributed by atoms with Crippen LogP contribution < -0.4 is 5.32 Å². The van der Waals surface area contributed by atoms with E-state index in [9.17, 15) is 0 Å². The Kier molecular flexibility index (Phi) is 8.65. The third-order valence-electron chi connectivity index (χ3n) is 3.00. The van der Waals surface area contributed by atoms with Crippen LogP contribution in [-0.4, -0.2) is 11.7 Å². The van der Waals surface area contributed by atoms with Crippen LogP contribution in [0.5, 0.6) is 0 Å². The summed E-state index contributed by atoms with van der Waals surface area (Å²) in [5.74, 6) is 0.921. The number of rotatable bonds is 11. The predicted octanol–water partition coefficient (Wildman–Crippen LogP) is 3.90. The zero-order chi connectivity index (χ0) is 12.2. The first-order valence-electron chi connectivity index (χ1n) is 7.03. The molecule has 0 aliphatic heterocycles. The van der Waals surface area contributed by atoms with Gasteiger partial charge in [0.25, 0.3) is 0 Å². The lowest BCUT2D eigenvalue weighted by atomic mass is 10.1. The van der Waals surface area contributed by atoms with Gasteiger partial charge in [0.15, 0.2) is 0 Å². The van der Waals surface area contributed by atoms with E-state index in [0.29, 0.717) is 0 Å². The minimum atomic E-state index is 0.802. The van der Waals surface area contributed by atoms with Crippen LogP contribution in [0.4, 0.5) is 0 Å². The largest absolute Gasteiger partial charge is 0.360 e. The van der Waals surface area contributed by atoms with Crippen LogP contribution in [0.25, 0.3) is 0 Å². The first-order chi connectivity index (χ1) is 8.43. The highest BCUT2D eigenvalue weighted by molar-refractivity contribution is 4.91. The van der Waals surface area contributed by atoms with E-state index in [1.54, 1.807) is 6.20 Å². The molecule has 0 atom stereocenters. The Bertz CT molecular complexity index is 247. The van der Waals surface area contributed by atoms with E-state index in [4.69, 9.17) is 4.52 Å². The summed E-state index contributed by atoms with van der Waals surface area (Å²) in [6, 6.07) is 1.90. The Hall–Kier alpha value is -0.830. The van der Waals surface area contributed by atoms with Crippen molar-refractivity contribution in [3.63, 3.8) is 0 Å². The molecular weight excluding hydrogens is 212 g/mol. The van der Waals surface area contributed by atoms with E-state index in [-0.39, 0.29) is 0 Å². The van der Waals surface area contributed by atoms with Crippen LogP contribution in [0.3, 0.4) is 0 Å². The molecule has 1 heterocycles. The number of aromatic nitrogens is 1. The highest BCUT2D eigenvalue weighted by atomic mass is 16.5. The molecular formula is C14H26N2O. The SMILES string of the molecule is CCCCCCCCCCNCc1ccno1. The summed E-state index contributed by atoms with van der Waals surface area (Å²) in [7, 11) is 0. The van der Waals surface area contributed by atoms with E-state index < -0.39 is 0 Å². The summed E-state index contributed by atoms with van der Waals surface area (Å²) in [4.78, 5) is 0. The number of hydrogen-bond donors (Lipinski definition) is 1. The molecule has 1 N–H and O–H groups in total. The van der Waals surface area contributed by atoms with E-state index in [2.05, 4.69) is 17.4 Å². The average molecular weight is 238 g/mol. The minimum absolute atomic E-state index is 0.802. The quantitative estimate of drug-likeness (QED) is 0.594. The monoisotopic (exact) mass is 238 g/mol. The molecule has 3 heteroatoms. The molecule has 0 bridgehead atoms. The van der Waals surface area contributed by atoms with Crippen LogP contribution in [0.1, 0.15) is 64.1 Å². The normalized spacial score (nSPS) is 10.9. The molecule has 0 spiro atoms. The van der Waals surface area contributed by atoms with Gasteiger partial charge in [0, 0.05) is 6.07 Å². The number of hydrogen-bond acceptors (Lipinski definition) is 3. The van der Waals surface area contributed by atoms with Crippen molar-refractivity contribution in [1.82, 2.24) is 10.5 Å². The van der Waals surface area contributed by atoms with Gasteiger partial charge in [-0.15, -0.1) is 0 Å². The van der Waals surface area contributed by atoms with Gasteiger partial charge < -0.3 is 9.84 Å². The molecule has 1 rings (SSSR count). The molecule has 0 aliphatic rings. The first-order valence-corrected chi connectivity index (χ1v) is 7.03. The highest BCUT2D eigenvalue weighted by Crippen LogP contribution is 2.07. The molecule has 0 fully saturated rings. The lowest BCUT2D eigenvalue weighted by molar-refractivity contribution is 0.372. The minimum Gasteiger partial charge on any atom is -0.360 e. The van der Waals surface area contributed by atoms with Gasteiger partial charge in [0.1, 0.15) is 5.76 Å². The summed E-state index contributed by atoms with van der Waals surface area (Å²) in [5.41, 5.74) is 0. The second kappa shape index (κ2) is 10.3. The molecule has 98 valence electrons. The van der Waals surface area contributed by atoms with Crippen LogP contribution in [0, 0.1) is 0 Å². The topological polar surface area (TPSA) is 38.1 Å². The Morgan fingerprint density at radius 3 is 2.41 bits per heavy atom. The molecule has 17 heavy (non-hydrogen) atoms. The molecule has 0 unspecified atom stereocenters. The molecule has 1 aromatic rings. The van der Waals surface area contributed by atoms with Gasteiger partial charge in [-0.25, -0.2) is 0 Å². The van der Waals surface area contributed by atoms with E-state index >= 15 is 0 Å². The molecule has 0 saturated carbocycles. The van der Waals surface area contributed by atoms with Crippen molar-refractivity contribution in [2.24, 2.45) is 0 Å². The third-order valence-corrected chi connectivity index (χ3v) is 3.00. The number of unbranched alkanes of at least 4 members (excludes halogenated alkanes) is 7. The molecule has 0 radical (unpaired) electrons. The van der Waals surface area contributed by atoms with Crippen molar-refractivity contribution in [2.75, 3.05) is 6.54 Å². The van der Waals surface area contributed by atoms with Gasteiger partial charge in [-0.1, -0.05) is 57.0 Å². The molecule has 0 saturated heterocycles. The van der Waals surface area contributed by atoms with Gasteiger partial charge in [0.05, 0.1) is 12.7 Å². The second-order valence-electron chi connectivity index (χ2n) is 4.63. The fourth-order valence-corrected chi connectivity index (χ4v) is 1.93. The van der Waals surface area contributed by atoms with Crippen molar-refractivity contribution < 1.29 is 4.52 Å². The zero-order valence-corrected chi connectivity index (χ0v) is 11.1. The van der Waals surface area contributed by atoms with E-state index in [0.717, 1.165) is 18.8 Å². The van der Waals surface area contributed by atoms with Gasteiger partial charge >= 0.3 is 0 Å². The van der Waals surface area contributed by atoms with Crippen LogP contribution in [0.2, 0.25) is 0 Å². The first kappa shape index (κ1) is 14.2. The van der Waals surface area contributed by atoms with E-state index in [1.807, 2.05) is 6.07 Å². The fourth-order valence-electron chi connectivity index (χ4n) is 1.93. The molecule has 1 aromatic heterocycles. The summed E-state index contributed by atoms with van der Waals surface area (Å²) in [6.07, 6.45) is 12.7.